The van der Waals surface area contributed by atoms with Gasteiger partial charge in [0, 0.05) is 29.4 Å². The third kappa shape index (κ3) is 7.23. The summed E-state index contributed by atoms with van der Waals surface area (Å²) in [6.45, 7) is 1.38. The molecular weight excluding hydrogens is 543 g/mol. The first kappa shape index (κ1) is 27.9. The van der Waals surface area contributed by atoms with Crippen molar-refractivity contribution in [3.63, 3.8) is 0 Å². The summed E-state index contributed by atoms with van der Waals surface area (Å²) >= 11 is 0. The molecule has 204 valence electrons. The van der Waals surface area contributed by atoms with Gasteiger partial charge < -0.3 is 20.5 Å². The quantitative estimate of drug-likeness (QED) is 0.0779. The molecule has 15 heteroatoms. The van der Waals surface area contributed by atoms with Gasteiger partial charge in [-0.25, -0.2) is 9.55 Å². The van der Waals surface area contributed by atoms with Crippen LogP contribution in [0.3, 0.4) is 0 Å². The average molecular weight is 564 g/mol. The molecule has 0 unspecified atom stereocenters. The molecule has 1 aromatic heterocycles. The Hall–Kier alpha value is -5.17. The van der Waals surface area contributed by atoms with Crippen LogP contribution in [-0.4, -0.2) is 36.4 Å². The number of ketones is 1. The number of phosphoric ester groups is 1. The second-order valence-corrected chi connectivity index (χ2v) is 9.34. The fraction of sp³-hybridized carbons (Fsp3) is 0.0400. The molecule has 0 aliphatic heterocycles. The van der Waals surface area contributed by atoms with Crippen molar-refractivity contribution in [3.05, 3.63) is 100 Å². The molecule has 1 heterocycles. The number of carbonyl (C=O) groups excluding carboxylic acids is 2. The number of nitrogens with one attached hydrogen (secondary N) is 3. The molecule has 0 fully saturated rings. The summed E-state index contributed by atoms with van der Waals surface area (Å²) < 4.78 is 16.0. The van der Waals surface area contributed by atoms with Gasteiger partial charge in [0.05, 0.1) is 10.6 Å². The van der Waals surface area contributed by atoms with E-state index in [1.54, 1.807) is 42.5 Å². The first-order valence-corrected chi connectivity index (χ1v) is 12.9. The van der Waals surface area contributed by atoms with Crippen LogP contribution in [-0.2, 0) is 9.36 Å². The fourth-order valence-corrected chi connectivity index (χ4v) is 3.91. The van der Waals surface area contributed by atoms with Gasteiger partial charge in [0.1, 0.15) is 11.9 Å². The topological polar surface area (TPSA) is 206 Å². The Balaban J connectivity index is 1.70. The Labute approximate surface area is 226 Å². The lowest BCUT2D eigenvalue weighted by Gasteiger charge is -2.14. The molecule has 1 amide bonds. The van der Waals surface area contributed by atoms with Crippen molar-refractivity contribution in [2.75, 3.05) is 16.0 Å². The molecule has 0 radical (unpaired) electrons. The van der Waals surface area contributed by atoms with Gasteiger partial charge in [0.2, 0.25) is 17.7 Å². The predicted octanol–water partition coefficient (Wildman–Crippen LogP) is 4.53. The number of nitro groups is 1. The number of aromatic nitrogens is 2. The highest BCUT2D eigenvalue weighted by Gasteiger charge is 2.23. The van der Waals surface area contributed by atoms with Gasteiger partial charge in [-0.3, -0.25) is 29.5 Å². The second kappa shape index (κ2) is 11.7. The third-order valence-electron chi connectivity index (χ3n) is 5.18. The van der Waals surface area contributed by atoms with E-state index in [1.807, 2.05) is 0 Å². The Bertz CT molecular complexity index is 1630. The van der Waals surface area contributed by atoms with E-state index in [9.17, 15) is 34.1 Å². The lowest BCUT2D eigenvalue weighted by atomic mass is 10.0. The predicted molar refractivity (Wildman–Crippen MR) is 145 cm³/mol. The van der Waals surface area contributed by atoms with Crippen molar-refractivity contribution in [1.82, 2.24) is 9.97 Å². The van der Waals surface area contributed by atoms with Crippen LogP contribution in [0.2, 0.25) is 0 Å². The maximum atomic E-state index is 13.3. The van der Waals surface area contributed by atoms with Crippen LogP contribution in [0.5, 0.6) is 5.75 Å². The van der Waals surface area contributed by atoms with E-state index in [0.717, 1.165) is 12.3 Å². The van der Waals surface area contributed by atoms with Crippen LogP contribution in [0.4, 0.5) is 34.5 Å². The van der Waals surface area contributed by atoms with Crippen molar-refractivity contribution in [2.24, 2.45) is 0 Å². The minimum absolute atomic E-state index is 0.0160. The highest BCUT2D eigenvalue weighted by Crippen LogP contribution is 2.39. The van der Waals surface area contributed by atoms with Crippen LogP contribution < -0.4 is 20.5 Å². The standard InChI is InChI=1S/C25H21N6O8P/c1-15(32)27-17-7-9-18(10-8-17)28-25-26-14-22(31(34)35)24(30-25)29-21-12-11-19(39-40(36,37)38)13-20(21)23(33)16-5-3-2-4-6-16/h2-14H,1H3,(H,27,32)(H2,36,37,38)(H2,26,28,29,30). The summed E-state index contributed by atoms with van der Waals surface area (Å²) in [5.41, 5.74) is 0.799. The maximum Gasteiger partial charge on any atom is 0.524 e. The van der Waals surface area contributed by atoms with Crippen molar-refractivity contribution < 1.29 is 33.4 Å². The summed E-state index contributed by atoms with van der Waals surface area (Å²) in [5.74, 6) is -1.35. The molecule has 5 N–H and O–H groups in total. The van der Waals surface area contributed by atoms with E-state index >= 15 is 0 Å². The van der Waals surface area contributed by atoms with E-state index in [-0.39, 0.29) is 40.2 Å². The number of phosphoric acid groups is 1. The zero-order chi connectivity index (χ0) is 28.9. The van der Waals surface area contributed by atoms with Gasteiger partial charge in [-0.1, -0.05) is 30.3 Å². The summed E-state index contributed by atoms with van der Waals surface area (Å²) in [5, 5.41) is 20.0. The van der Waals surface area contributed by atoms with E-state index in [2.05, 4.69) is 30.4 Å². The van der Waals surface area contributed by atoms with Crippen molar-refractivity contribution in [3.8, 4) is 5.75 Å². The Kier molecular flexibility index (Phi) is 8.15. The van der Waals surface area contributed by atoms with Gasteiger partial charge in [0.15, 0.2) is 5.78 Å². The van der Waals surface area contributed by atoms with Gasteiger partial charge in [-0.2, -0.15) is 4.98 Å². The molecule has 0 aliphatic carbocycles. The molecule has 0 bridgehead atoms. The van der Waals surface area contributed by atoms with Gasteiger partial charge >= 0.3 is 13.5 Å². The molecule has 0 atom stereocenters. The Morgan fingerprint density at radius 2 is 1.65 bits per heavy atom. The molecule has 0 saturated heterocycles. The third-order valence-corrected chi connectivity index (χ3v) is 5.63. The Morgan fingerprint density at radius 3 is 2.27 bits per heavy atom. The minimum Gasteiger partial charge on any atom is -0.404 e. The Morgan fingerprint density at radius 1 is 0.975 bits per heavy atom. The molecule has 0 aliphatic rings. The molecule has 40 heavy (non-hydrogen) atoms. The molecule has 14 nitrogen and oxygen atoms in total. The summed E-state index contributed by atoms with van der Waals surface area (Å²) in [6.07, 6.45) is 0.979. The number of amides is 1. The van der Waals surface area contributed by atoms with Gasteiger partial charge in [0.25, 0.3) is 0 Å². The zero-order valence-electron chi connectivity index (χ0n) is 20.6. The number of nitrogens with zero attached hydrogens (tertiary/aromatic N) is 3. The van der Waals surface area contributed by atoms with Crippen LogP contribution in [0.25, 0.3) is 0 Å². The van der Waals surface area contributed by atoms with E-state index in [4.69, 9.17) is 0 Å². The highest BCUT2D eigenvalue weighted by molar-refractivity contribution is 7.46. The number of carbonyl (C=O) groups is 2. The molecule has 4 aromatic rings. The number of hydrogen-bond acceptors (Lipinski definition) is 10. The first-order chi connectivity index (χ1) is 19.0. The van der Waals surface area contributed by atoms with Crippen molar-refractivity contribution in [2.45, 2.75) is 6.92 Å². The van der Waals surface area contributed by atoms with E-state index < -0.39 is 24.2 Å². The normalized spacial score (nSPS) is 10.9. The minimum atomic E-state index is -4.93. The first-order valence-electron chi connectivity index (χ1n) is 11.4. The van der Waals surface area contributed by atoms with E-state index in [0.29, 0.717) is 11.4 Å². The van der Waals surface area contributed by atoms with Crippen LogP contribution in [0.1, 0.15) is 22.8 Å². The monoisotopic (exact) mass is 564 g/mol. The fourth-order valence-electron chi connectivity index (χ4n) is 3.52. The van der Waals surface area contributed by atoms with Crippen LogP contribution in [0.15, 0.2) is 79.0 Å². The van der Waals surface area contributed by atoms with Crippen LogP contribution in [0, 0.1) is 10.1 Å². The molecular formula is C25H21N6O8P. The summed E-state index contributed by atoms with van der Waals surface area (Å²) in [6, 6.07) is 18.2. The molecule has 0 spiro atoms. The smallest absolute Gasteiger partial charge is 0.404 e. The maximum absolute atomic E-state index is 13.3. The number of rotatable bonds is 10. The van der Waals surface area contributed by atoms with Crippen LogP contribution >= 0.6 is 7.82 Å². The number of hydrogen-bond donors (Lipinski definition) is 5. The molecule has 0 saturated carbocycles. The van der Waals surface area contributed by atoms with E-state index in [1.165, 1.54) is 31.2 Å². The summed E-state index contributed by atoms with van der Waals surface area (Å²) in [7, 11) is -4.93. The average Bonchev–Trinajstić information content (AvgIpc) is 2.89. The highest BCUT2D eigenvalue weighted by atomic mass is 31.2. The lowest BCUT2D eigenvalue weighted by molar-refractivity contribution is -0.384. The SMILES string of the molecule is CC(=O)Nc1ccc(Nc2ncc([N+](=O)[O-])c(Nc3ccc(OP(=O)(O)O)cc3C(=O)c3ccccc3)n2)cc1. The van der Waals surface area contributed by atoms with Gasteiger partial charge in [-0.15, -0.1) is 0 Å². The lowest BCUT2D eigenvalue weighted by Crippen LogP contribution is -2.09. The molecule has 3 aromatic carbocycles. The largest absolute Gasteiger partial charge is 0.524 e. The zero-order valence-corrected chi connectivity index (χ0v) is 21.5. The molecule has 4 rings (SSSR count). The number of anilines is 5. The van der Waals surface area contributed by atoms with Crippen molar-refractivity contribution >= 4 is 54.0 Å². The van der Waals surface area contributed by atoms with Crippen molar-refractivity contribution in [1.29, 1.82) is 0 Å². The number of benzene rings is 3. The second-order valence-electron chi connectivity index (χ2n) is 8.18. The summed E-state index contributed by atoms with van der Waals surface area (Å²) in [4.78, 5) is 62.1. The van der Waals surface area contributed by atoms with Gasteiger partial charge in [-0.05, 0) is 42.5 Å².